The number of anilines is 1. The molecule has 1 aliphatic carbocycles. The molecule has 1 saturated heterocycles. The van der Waals surface area contributed by atoms with Crippen LogP contribution in [0.3, 0.4) is 0 Å². The summed E-state index contributed by atoms with van der Waals surface area (Å²) in [7, 11) is 0. The minimum absolute atomic E-state index is 0.00940. The average Bonchev–Trinajstić information content (AvgIpc) is 2.91. The number of nitrogens with zero attached hydrogens (tertiary/aromatic N) is 2. The molecule has 2 aliphatic rings. The SMILES string of the molecule is N#CN[C@@H]1C=C(C(=O)Nc2ncc(C3CCOCC3)s2)C1. The maximum Gasteiger partial charge on any atom is 0.253 e. The van der Waals surface area contributed by atoms with E-state index < -0.39 is 0 Å². The number of hydrogen-bond donors (Lipinski definition) is 2. The van der Waals surface area contributed by atoms with Crippen LogP contribution in [0.5, 0.6) is 0 Å². The molecule has 1 atom stereocenters. The Morgan fingerprint density at radius 3 is 2.95 bits per heavy atom. The predicted octanol–water partition coefficient (Wildman–Crippen LogP) is 1.74. The zero-order chi connectivity index (χ0) is 14.7. The van der Waals surface area contributed by atoms with Crippen LogP contribution in [-0.4, -0.2) is 30.1 Å². The van der Waals surface area contributed by atoms with Crippen molar-refractivity contribution in [2.75, 3.05) is 18.5 Å². The molecular formula is C14H16N4O2S. The number of amides is 1. The highest BCUT2D eigenvalue weighted by Gasteiger charge is 2.25. The maximum atomic E-state index is 12.0. The Labute approximate surface area is 126 Å². The van der Waals surface area contributed by atoms with Crippen LogP contribution in [0.1, 0.15) is 30.1 Å². The number of carbonyl (C=O) groups is 1. The van der Waals surface area contributed by atoms with Gasteiger partial charge in [-0.2, -0.15) is 5.26 Å². The van der Waals surface area contributed by atoms with Crippen molar-refractivity contribution >= 4 is 22.4 Å². The molecule has 0 spiro atoms. The van der Waals surface area contributed by atoms with Crippen molar-refractivity contribution in [3.8, 4) is 6.19 Å². The van der Waals surface area contributed by atoms with Gasteiger partial charge in [-0.05, 0) is 18.8 Å². The van der Waals surface area contributed by atoms with E-state index in [0.29, 0.717) is 23.0 Å². The Hall–Kier alpha value is -1.91. The van der Waals surface area contributed by atoms with Gasteiger partial charge in [0.15, 0.2) is 11.3 Å². The molecule has 2 N–H and O–H groups in total. The van der Waals surface area contributed by atoms with E-state index >= 15 is 0 Å². The first kappa shape index (κ1) is 14.0. The number of aromatic nitrogens is 1. The van der Waals surface area contributed by atoms with Crippen LogP contribution >= 0.6 is 11.3 Å². The summed E-state index contributed by atoms with van der Waals surface area (Å²) in [5.41, 5.74) is 0.700. The minimum atomic E-state index is -0.126. The number of nitrogens with one attached hydrogen (secondary N) is 2. The largest absolute Gasteiger partial charge is 0.381 e. The Kier molecular flexibility index (Phi) is 4.18. The molecule has 0 bridgehead atoms. The van der Waals surface area contributed by atoms with Crippen LogP contribution in [0.25, 0.3) is 0 Å². The molecule has 1 fully saturated rings. The van der Waals surface area contributed by atoms with E-state index in [9.17, 15) is 4.79 Å². The van der Waals surface area contributed by atoms with Crippen molar-refractivity contribution in [2.45, 2.75) is 31.2 Å². The van der Waals surface area contributed by atoms with E-state index in [1.807, 2.05) is 12.4 Å². The first-order chi connectivity index (χ1) is 10.3. The summed E-state index contributed by atoms with van der Waals surface area (Å²) in [5.74, 6) is 0.368. The number of hydrogen-bond acceptors (Lipinski definition) is 6. The molecule has 21 heavy (non-hydrogen) atoms. The highest BCUT2D eigenvalue weighted by atomic mass is 32.1. The Morgan fingerprint density at radius 2 is 2.24 bits per heavy atom. The van der Waals surface area contributed by atoms with Gasteiger partial charge in [-0.1, -0.05) is 6.08 Å². The van der Waals surface area contributed by atoms with E-state index in [1.165, 1.54) is 16.2 Å². The van der Waals surface area contributed by atoms with E-state index in [0.717, 1.165) is 26.1 Å². The Morgan fingerprint density at radius 1 is 1.48 bits per heavy atom. The van der Waals surface area contributed by atoms with E-state index in [2.05, 4.69) is 15.6 Å². The molecule has 6 nitrogen and oxygen atoms in total. The first-order valence-electron chi connectivity index (χ1n) is 6.96. The van der Waals surface area contributed by atoms with Crippen LogP contribution in [0.4, 0.5) is 5.13 Å². The minimum Gasteiger partial charge on any atom is -0.381 e. The summed E-state index contributed by atoms with van der Waals surface area (Å²) in [6.07, 6.45) is 8.11. The molecule has 0 aromatic carbocycles. The van der Waals surface area contributed by atoms with Gasteiger partial charge in [0, 0.05) is 36.3 Å². The van der Waals surface area contributed by atoms with Gasteiger partial charge in [-0.15, -0.1) is 11.3 Å². The molecule has 0 saturated carbocycles. The molecule has 110 valence electrons. The lowest BCUT2D eigenvalue weighted by molar-refractivity contribution is -0.113. The first-order valence-corrected chi connectivity index (χ1v) is 7.78. The van der Waals surface area contributed by atoms with Crippen LogP contribution in [0.15, 0.2) is 17.8 Å². The zero-order valence-electron chi connectivity index (χ0n) is 11.5. The predicted molar refractivity (Wildman–Crippen MR) is 78.8 cm³/mol. The highest BCUT2D eigenvalue weighted by Crippen LogP contribution is 2.33. The fourth-order valence-corrected chi connectivity index (χ4v) is 3.46. The molecule has 1 aromatic heterocycles. The fourth-order valence-electron chi connectivity index (χ4n) is 2.48. The molecule has 0 unspecified atom stereocenters. The van der Waals surface area contributed by atoms with Crippen LogP contribution < -0.4 is 10.6 Å². The van der Waals surface area contributed by atoms with Crippen molar-refractivity contribution in [1.29, 1.82) is 5.26 Å². The van der Waals surface area contributed by atoms with Gasteiger partial charge in [0.05, 0.1) is 6.04 Å². The van der Waals surface area contributed by atoms with Gasteiger partial charge in [0.1, 0.15) is 0 Å². The third-order valence-electron chi connectivity index (χ3n) is 3.75. The lowest BCUT2D eigenvalue weighted by Crippen LogP contribution is -2.34. The van der Waals surface area contributed by atoms with Crippen molar-refractivity contribution < 1.29 is 9.53 Å². The van der Waals surface area contributed by atoms with Crippen molar-refractivity contribution in [3.63, 3.8) is 0 Å². The second-order valence-electron chi connectivity index (χ2n) is 5.17. The maximum absolute atomic E-state index is 12.0. The number of carbonyl (C=O) groups excluding carboxylic acids is 1. The zero-order valence-corrected chi connectivity index (χ0v) is 12.3. The molecule has 2 heterocycles. The lowest BCUT2D eigenvalue weighted by Gasteiger charge is -2.22. The van der Waals surface area contributed by atoms with Gasteiger partial charge in [-0.3, -0.25) is 10.1 Å². The molecular weight excluding hydrogens is 288 g/mol. The fraction of sp³-hybridized carbons (Fsp3) is 0.500. The van der Waals surface area contributed by atoms with E-state index in [-0.39, 0.29) is 11.9 Å². The van der Waals surface area contributed by atoms with Crippen molar-refractivity contribution in [2.24, 2.45) is 0 Å². The number of rotatable bonds is 4. The summed E-state index contributed by atoms with van der Waals surface area (Å²) in [6.45, 7) is 1.59. The molecule has 7 heteroatoms. The van der Waals surface area contributed by atoms with Crippen molar-refractivity contribution in [1.82, 2.24) is 10.3 Å². The van der Waals surface area contributed by atoms with Gasteiger partial charge >= 0.3 is 0 Å². The molecule has 1 amide bonds. The topological polar surface area (TPSA) is 87.0 Å². The monoisotopic (exact) mass is 304 g/mol. The average molecular weight is 304 g/mol. The van der Waals surface area contributed by atoms with Gasteiger partial charge in [0.2, 0.25) is 0 Å². The second kappa shape index (κ2) is 6.24. The van der Waals surface area contributed by atoms with Crippen LogP contribution in [0.2, 0.25) is 0 Å². The normalized spacial score (nSPS) is 21.9. The van der Waals surface area contributed by atoms with Gasteiger partial charge in [0.25, 0.3) is 5.91 Å². The van der Waals surface area contributed by atoms with Crippen LogP contribution in [0, 0.1) is 11.5 Å². The molecule has 1 aromatic rings. The second-order valence-corrected chi connectivity index (χ2v) is 6.23. The standard InChI is InChI=1S/C14H16N4O2S/c15-8-17-11-5-10(6-11)13(19)18-14-16-7-12(21-14)9-1-3-20-4-2-9/h5,7,9,11,17H,1-4,6H2,(H,16,18,19)/t11-/m1/s1. The van der Waals surface area contributed by atoms with Gasteiger partial charge in [-0.25, -0.2) is 4.98 Å². The smallest absolute Gasteiger partial charge is 0.253 e. The van der Waals surface area contributed by atoms with Crippen LogP contribution in [-0.2, 0) is 9.53 Å². The Bertz CT molecular complexity index is 598. The molecule has 1 aliphatic heterocycles. The van der Waals surface area contributed by atoms with Crippen molar-refractivity contribution in [3.05, 3.63) is 22.7 Å². The molecule has 0 radical (unpaired) electrons. The third-order valence-corrected chi connectivity index (χ3v) is 4.83. The molecule has 3 rings (SSSR count). The summed E-state index contributed by atoms with van der Waals surface area (Å²) in [5, 5.41) is 14.5. The summed E-state index contributed by atoms with van der Waals surface area (Å²) in [4.78, 5) is 17.5. The summed E-state index contributed by atoms with van der Waals surface area (Å²) in [6, 6.07) is -0.00940. The Balaban J connectivity index is 1.56. The lowest BCUT2D eigenvalue weighted by atomic mass is 9.93. The van der Waals surface area contributed by atoms with E-state index in [4.69, 9.17) is 10.00 Å². The highest BCUT2D eigenvalue weighted by molar-refractivity contribution is 7.15. The quantitative estimate of drug-likeness (QED) is 0.653. The number of ether oxygens (including phenoxy) is 1. The van der Waals surface area contributed by atoms with Gasteiger partial charge < -0.3 is 10.1 Å². The third kappa shape index (κ3) is 3.23. The summed E-state index contributed by atoms with van der Waals surface area (Å²) >= 11 is 1.54. The van der Waals surface area contributed by atoms with E-state index in [1.54, 1.807) is 6.08 Å². The number of thiazole rings is 1. The summed E-state index contributed by atoms with van der Waals surface area (Å²) < 4.78 is 5.35. The number of nitriles is 1.